The fourth-order valence-electron chi connectivity index (χ4n) is 1.94. The van der Waals surface area contributed by atoms with Crippen molar-refractivity contribution in [3.63, 3.8) is 0 Å². The van der Waals surface area contributed by atoms with E-state index < -0.39 is 0 Å². The Morgan fingerprint density at radius 2 is 2.08 bits per heavy atom. The van der Waals surface area contributed by atoms with Crippen molar-refractivity contribution in [2.24, 2.45) is 5.10 Å². The molecule has 0 fully saturated rings. The van der Waals surface area contributed by atoms with Crippen LogP contribution in [0.1, 0.15) is 34.0 Å². The Kier molecular flexibility index (Phi) is 6.12. The van der Waals surface area contributed by atoms with Gasteiger partial charge in [-0.05, 0) is 42.8 Å². The molecule has 0 aliphatic heterocycles. The van der Waals surface area contributed by atoms with Crippen molar-refractivity contribution in [1.82, 2.24) is 5.43 Å². The van der Waals surface area contributed by atoms with Crippen molar-refractivity contribution in [1.29, 1.82) is 0 Å². The van der Waals surface area contributed by atoms with Gasteiger partial charge < -0.3 is 9.84 Å². The molecule has 0 unspecified atom stereocenters. The lowest BCUT2D eigenvalue weighted by Crippen LogP contribution is -2.17. The molecule has 0 heterocycles. The minimum Gasteiger partial charge on any atom is -0.507 e. The number of carbonyl (C=O) groups is 1. The van der Waals surface area contributed by atoms with Crippen LogP contribution >= 0.6 is 0 Å². The predicted octanol–water partition coefficient (Wildman–Crippen LogP) is 2.67. The number of hydrogen-bond donors (Lipinski definition) is 2. The molecule has 2 rings (SSSR count). The molecule has 0 saturated carbocycles. The number of hydrazone groups is 1. The zero-order valence-corrected chi connectivity index (χ0v) is 13.3. The van der Waals surface area contributed by atoms with Crippen LogP contribution in [0.15, 0.2) is 47.6 Å². The smallest absolute Gasteiger partial charge is 0.271 e. The number of terminal acetylenes is 1. The van der Waals surface area contributed by atoms with Gasteiger partial charge in [-0.2, -0.15) is 5.10 Å². The third-order valence-electron chi connectivity index (χ3n) is 3.26. The van der Waals surface area contributed by atoms with Gasteiger partial charge in [0.05, 0.1) is 12.8 Å². The minimum absolute atomic E-state index is 0.00345. The number of hydrogen-bond acceptors (Lipinski definition) is 4. The lowest BCUT2D eigenvalue weighted by atomic mass is 10.1. The summed E-state index contributed by atoms with van der Waals surface area (Å²) in [6, 6.07) is 11.8. The SMILES string of the molecule is C#Cc1ccc(/C=N/NC(=O)c2ccc(COCC)cc2)c(O)c1. The molecule has 2 aromatic rings. The van der Waals surface area contributed by atoms with Gasteiger partial charge in [0.25, 0.3) is 5.91 Å². The van der Waals surface area contributed by atoms with E-state index in [4.69, 9.17) is 11.2 Å². The minimum atomic E-state index is -0.339. The van der Waals surface area contributed by atoms with E-state index in [9.17, 15) is 9.90 Å². The highest BCUT2D eigenvalue weighted by atomic mass is 16.5. The first kappa shape index (κ1) is 17.3. The summed E-state index contributed by atoms with van der Waals surface area (Å²) in [6.45, 7) is 3.09. The summed E-state index contributed by atoms with van der Waals surface area (Å²) in [5, 5.41) is 13.6. The van der Waals surface area contributed by atoms with E-state index in [2.05, 4.69) is 16.4 Å². The Morgan fingerprint density at radius 1 is 1.33 bits per heavy atom. The molecule has 2 aromatic carbocycles. The highest BCUT2D eigenvalue weighted by molar-refractivity contribution is 5.95. The molecule has 0 aliphatic carbocycles. The van der Waals surface area contributed by atoms with Crippen molar-refractivity contribution in [3.8, 4) is 18.1 Å². The second-order valence-corrected chi connectivity index (χ2v) is 4.95. The van der Waals surface area contributed by atoms with Crippen LogP contribution in [0.5, 0.6) is 5.75 Å². The van der Waals surface area contributed by atoms with E-state index in [1.807, 2.05) is 19.1 Å². The average molecular weight is 322 g/mol. The standard InChI is InChI=1S/C19H18N2O3/c1-3-14-5-10-17(18(22)11-14)12-20-21-19(23)16-8-6-15(7-9-16)13-24-4-2/h1,5-12,22H,4,13H2,2H3,(H,21,23)/b20-12+. The van der Waals surface area contributed by atoms with Crippen molar-refractivity contribution < 1.29 is 14.6 Å². The molecular formula is C19H18N2O3. The highest BCUT2D eigenvalue weighted by Crippen LogP contribution is 2.16. The second-order valence-electron chi connectivity index (χ2n) is 4.95. The Bertz CT molecular complexity index is 774. The topological polar surface area (TPSA) is 70.9 Å². The maximum Gasteiger partial charge on any atom is 0.271 e. The second kappa shape index (κ2) is 8.51. The lowest BCUT2D eigenvalue weighted by molar-refractivity contribution is 0.0955. The molecule has 122 valence electrons. The Balaban J connectivity index is 1.96. The van der Waals surface area contributed by atoms with Crippen LogP contribution in [0.3, 0.4) is 0 Å². The fourth-order valence-corrected chi connectivity index (χ4v) is 1.94. The molecule has 0 atom stereocenters. The quantitative estimate of drug-likeness (QED) is 0.488. The molecule has 0 spiro atoms. The first-order chi connectivity index (χ1) is 11.6. The Hall–Kier alpha value is -3.10. The molecular weight excluding hydrogens is 304 g/mol. The summed E-state index contributed by atoms with van der Waals surface area (Å²) >= 11 is 0. The number of amides is 1. The van der Waals surface area contributed by atoms with E-state index >= 15 is 0 Å². The van der Waals surface area contributed by atoms with E-state index in [-0.39, 0.29) is 11.7 Å². The molecule has 5 heteroatoms. The van der Waals surface area contributed by atoms with Crippen LogP contribution in [0.25, 0.3) is 0 Å². The van der Waals surface area contributed by atoms with Gasteiger partial charge in [-0.25, -0.2) is 5.43 Å². The lowest BCUT2D eigenvalue weighted by Gasteiger charge is -2.04. The summed E-state index contributed by atoms with van der Waals surface area (Å²) in [5.41, 5.74) is 4.92. The summed E-state index contributed by atoms with van der Waals surface area (Å²) in [4.78, 5) is 12.0. The van der Waals surface area contributed by atoms with Gasteiger partial charge in [-0.1, -0.05) is 18.1 Å². The van der Waals surface area contributed by atoms with E-state index in [0.29, 0.717) is 29.9 Å². The van der Waals surface area contributed by atoms with Crippen LogP contribution < -0.4 is 5.43 Å². The number of nitrogens with zero attached hydrogens (tertiary/aromatic N) is 1. The highest BCUT2D eigenvalue weighted by Gasteiger charge is 2.04. The van der Waals surface area contributed by atoms with Crippen LogP contribution in [-0.4, -0.2) is 23.8 Å². The summed E-state index contributed by atoms with van der Waals surface area (Å²) in [5.74, 6) is 2.09. The van der Waals surface area contributed by atoms with Crippen molar-refractivity contribution in [3.05, 3.63) is 64.7 Å². The summed E-state index contributed by atoms with van der Waals surface area (Å²) in [7, 11) is 0. The number of phenols is 1. The molecule has 0 aromatic heterocycles. The average Bonchev–Trinajstić information content (AvgIpc) is 2.61. The summed E-state index contributed by atoms with van der Waals surface area (Å²) in [6.07, 6.45) is 6.61. The normalized spacial score (nSPS) is 10.5. The molecule has 2 N–H and O–H groups in total. The summed E-state index contributed by atoms with van der Waals surface area (Å²) < 4.78 is 5.30. The number of carbonyl (C=O) groups excluding carboxylic acids is 1. The number of phenolic OH excluding ortho intramolecular Hbond substituents is 1. The Labute approximate surface area is 141 Å². The van der Waals surface area contributed by atoms with E-state index in [1.165, 1.54) is 12.3 Å². The molecule has 24 heavy (non-hydrogen) atoms. The number of rotatable bonds is 6. The maximum atomic E-state index is 12.0. The van der Waals surface area contributed by atoms with E-state index in [1.54, 1.807) is 24.3 Å². The van der Waals surface area contributed by atoms with Crippen LogP contribution in [-0.2, 0) is 11.3 Å². The van der Waals surface area contributed by atoms with Crippen molar-refractivity contribution in [2.45, 2.75) is 13.5 Å². The molecule has 0 saturated heterocycles. The number of nitrogens with one attached hydrogen (secondary N) is 1. The maximum absolute atomic E-state index is 12.0. The molecule has 1 amide bonds. The zero-order chi connectivity index (χ0) is 17.4. The first-order valence-corrected chi connectivity index (χ1v) is 7.43. The Morgan fingerprint density at radius 3 is 2.71 bits per heavy atom. The van der Waals surface area contributed by atoms with Gasteiger partial charge in [-0.15, -0.1) is 6.42 Å². The molecule has 0 bridgehead atoms. The van der Waals surface area contributed by atoms with Gasteiger partial charge in [-0.3, -0.25) is 4.79 Å². The zero-order valence-electron chi connectivity index (χ0n) is 13.3. The van der Waals surface area contributed by atoms with E-state index in [0.717, 1.165) is 5.56 Å². The first-order valence-electron chi connectivity index (χ1n) is 7.43. The molecule has 0 aliphatic rings. The van der Waals surface area contributed by atoms with Gasteiger partial charge in [0.2, 0.25) is 0 Å². The molecule has 0 radical (unpaired) electrons. The largest absolute Gasteiger partial charge is 0.507 e. The van der Waals surface area contributed by atoms with Gasteiger partial charge in [0, 0.05) is 23.3 Å². The molecule has 5 nitrogen and oxygen atoms in total. The van der Waals surface area contributed by atoms with Crippen LogP contribution in [0.2, 0.25) is 0 Å². The third-order valence-corrected chi connectivity index (χ3v) is 3.26. The number of ether oxygens (including phenoxy) is 1. The van der Waals surface area contributed by atoms with Crippen LogP contribution in [0, 0.1) is 12.3 Å². The van der Waals surface area contributed by atoms with Gasteiger partial charge in [0.15, 0.2) is 0 Å². The fraction of sp³-hybridized carbons (Fsp3) is 0.158. The number of benzene rings is 2. The van der Waals surface area contributed by atoms with Gasteiger partial charge >= 0.3 is 0 Å². The van der Waals surface area contributed by atoms with Crippen molar-refractivity contribution in [2.75, 3.05) is 6.61 Å². The third kappa shape index (κ3) is 4.70. The predicted molar refractivity (Wildman–Crippen MR) is 92.9 cm³/mol. The number of aromatic hydroxyl groups is 1. The monoisotopic (exact) mass is 322 g/mol. The van der Waals surface area contributed by atoms with Crippen molar-refractivity contribution >= 4 is 12.1 Å². The van der Waals surface area contributed by atoms with Gasteiger partial charge in [0.1, 0.15) is 5.75 Å². The van der Waals surface area contributed by atoms with Crippen LogP contribution in [0.4, 0.5) is 0 Å².